The molecule has 0 spiro atoms. The Morgan fingerprint density at radius 3 is 1.62 bits per heavy atom. The fourth-order valence-corrected chi connectivity index (χ4v) is 5.24. The highest BCUT2D eigenvalue weighted by Crippen LogP contribution is 2.36. The summed E-state index contributed by atoms with van der Waals surface area (Å²) in [6, 6.07) is 33.2. The van der Waals surface area contributed by atoms with E-state index >= 15 is 0 Å². The summed E-state index contributed by atoms with van der Waals surface area (Å²) in [5, 5.41) is 3.87. The topological polar surface area (TPSA) is 49.0 Å². The molecule has 2 atom stereocenters. The van der Waals surface area contributed by atoms with Crippen LogP contribution in [0, 0.1) is 11.8 Å². The lowest BCUT2D eigenvalue weighted by molar-refractivity contribution is 0.255. The van der Waals surface area contributed by atoms with Crippen LogP contribution in [0.4, 0.5) is 0 Å². The highest BCUT2D eigenvalue weighted by molar-refractivity contribution is 5.45. The summed E-state index contributed by atoms with van der Waals surface area (Å²) in [5.41, 5.74) is 4.65. The van der Waals surface area contributed by atoms with Crippen molar-refractivity contribution >= 4 is 0 Å². The summed E-state index contributed by atoms with van der Waals surface area (Å²) in [5.74, 6) is 4.06. The molecule has 4 aromatic carbocycles. The van der Waals surface area contributed by atoms with Gasteiger partial charge < -0.3 is 24.3 Å². The molecule has 0 aliphatic heterocycles. The molecule has 0 fully saturated rings. The zero-order valence-electron chi connectivity index (χ0n) is 25.8. The van der Waals surface area contributed by atoms with Crippen molar-refractivity contribution in [2.24, 2.45) is 11.8 Å². The van der Waals surface area contributed by atoms with E-state index in [4.69, 9.17) is 18.9 Å². The fraction of sp³-hybridized carbons (Fsp3) is 0.351. The van der Waals surface area contributed by atoms with Gasteiger partial charge >= 0.3 is 0 Å². The van der Waals surface area contributed by atoms with Crippen LogP contribution in [0.15, 0.2) is 97.1 Å². The molecule has 0 aliphatic rings. The molecule has 0 aliphatic carbocycles. The Balaban J connectivity index is 1.56. The lowest BCUT2D eigenvalue weighted by atomic mass is 9.87. The van der Waals surface area contributed by atoms with Gasteiger partial charge in [0.15, 0.2) is 23.0 Å². The van der Waals surface area contributed by atoms with E-state index in [1.165, 1.54) is 11.1 Å². The molecule has 4 aromatic rings. The number of methoxy groups -OCH3 is 2. The average Bonchev–Trinajstić information content (AvgIpc) is 3.01. The molecule has 0 heterocycles. The van der Waals surface area contributed by atoms with Crippen molar-refractivity contribution < 1.29 is 18.9 Å². The SMILES string of the molecule is COc1ccc(C(NCC(c2ccc(OCc3ccccc3)c(OCc3ccccc3)c2)C(C)C)C(C)C)cc1OC. The Bertz CT molecular complexity index is 1370. The van der Waals surface area contributed by atoms with Gasteiger partial charge in [-0.25, -0.2) is 0 Å². The first kappa shape index (κ1) is 31.0. The standard InChI is InChI=1S/C37H45NO4/c1-26(2)32(23-38-37(27(3)4)31-18-19-33(39-5)35(22-31)40-6)30-17-20-34(41-24-28-13-9-7-10-14-28)36(21-30)42-25-29-15-11-8-12-16-29/h7-22,26-27,32,37-38H,23-25H2,1-6H3. The molecule has 0 bridgehead atoms. The zero-order chi connectivity index (χ0) is 29.9. The molecular weight excluding hydrogens is 522 g/mol. The molecule has 1 N–H and O–H groups in total. The van der Waals surface area contributed by atoms with Gasteiger partial charge in [-0.2, -0.15) is 0 Å². The highest BCUT2D eigenvalue weighted by atomic mass is 16.5. The van der Waals surface area contributed by atoms with E-state index in [1.807, 2.05) is 42.5 Å². The Kier molecular flexibility index (Phi) is 11.3. The molecular formula is C37H45NO4. The first-order valence-electron chi connectivity index (χ1n) is 14.8. The number of hydrogen-bond acceptors (Lipinski definition) is 5. The molecule has 0 amide bonds. The Hall–Kier alpha value is -3.96. The predicted molar refractivity (Wildman–Crippen MR) is 171 cm³/mol. The lowest BCUT2D eigenvalue weighted by Crippen LogP contribution is -2.31. The summed E-state index contributed by atoms with van der Waals surface area (Å²) in [4.78, 5) is 0. The molecule has 0 aromatic heterocycles. The van der Waals surface area contributed by atoms with Crippen molar-refractivity contribution in [3.8, 4) is 23.0 Å². The van der Waals surface area contributed by atoms with E-state index in [1.54, 1.807) is 14.2 Å². The maximum atomic E-state index is 6.39. The Morgan fingerprint density at radius 1 is 0.548 bits per heavy atom. The van der Waals surface area contributed by atoms with Crippen LogP contribution in [0.2, 0.25) is 0 Å². The smallest absolute Gasteiger partial charge is 0.161 e. The average molecular weight is 568 g/mol. The van der Waals surface area contributed by atoms with Gasteiger partial charge in [0.25, 0.3) is 0 Å². The van der Waals surface area contributed by atoms with Crippen LogP contribution in [0.25, 0.3) is 0 Å². The van der Waals surface area contributed by atoms with Crippen LogP contribution in [-0.4, -0.2) is 20.8 Å². The predicted octanol–water partition coefficient (Wildman–Crippen LogP) is 8.59. The maximum absolute atomic E-state index is 6.39. The zero-order valence-corrected chi connectivity index (χ0v) is 25.8. The van der Waals surface area contributed by atoms with Crippen molar-refractivity contribution in [2.45, 2.75) is 52.9 Å². The molecule has 0 radical (unpaired) electrons. The van der Waals surface area contributed by atoms with Gasteiger partial charge in [0.05, 0.1) is 14.2 Å². The molecule has 42 heavy (non-hydrogen) atoms. The first-order chi connectivity index (χ1) is 20.4. The molecule has 0 saturated heterocycles. The van der Waals surface area contributed by atoms with Gasteiger partial charge in [-0.15, -0.1) is 0 Å². The van der Waals surface area contributed by atoms with Crippen LogP contribution in [-0.2, 0) is 13.2 Å². The van der Waals surface area contributed by atoms with E-state index in [0.717, 1.165) is 40.7 Å². The van der Waals surface area contributed by atoms with Crippen LogP contribution >= 0.6 is 0 Å². The summed E-state index contributed by atoms with van der Waals surface area (Å²) >= 11 is 0. The minimum absolute atomic E-state index is 0.160. The minimum Gasteiger partial charge on any atom is -0.493 e. The third kappa shape index (κ3) is 8.29. The van der Waals surface area contributed by atoms with Crippen LogP contribution < -0.4 is 24.3 Å². The fourth-order valence-electron chi connectivity index (χ4n) is 5.24. The second-order valence-electron chi connectivity index (χ2n) is 11.3. The molecule has 2 unspecified atom stereocenters. The minimum atomic E-state index is 0.160. The number of ether oxygens (including phenoxy) is 4. The number of nitrogens with one attached hydrogen (secondary N) is 1. The van der Waals surface area contributed by atoms with Gasteiger partial charge in [-0.05, 0) is 64.3 Å². The summed E-state index contributed by atoms with van der Waals surface area (Å²) in [6.45, 7) is 10.8. The second kappa shape index (κ2) is 15.3. The van der Waals surface area contributed by atoms with E-state index in [9.17, 15) is 0 Å². The first-order valence-corrected chi connectivity index (χ1v) is 14.8. The normalized spacial score (nSPS) is 12.7. The van der Waals surface area contributed by atoms with Crippen molar-refractivity contribution in [3.05, 3.63) is 119 Å². The number of hydrogen-bond donors (Lipinski definition) is 1. The summed E-state index contributed by atoms with van der Waals surface area (Å²) < 4.78 is 23.7. The third-order valence-electron chi connectivity index (χ3n) is 7.67. The monoisotopic (exact) mass is 567 g/mol. The van der Waals surface area contributed by atoms with Gasteiger partial charge in [0, 0.05) is 12.6 Å². The van der Waals surface area contributed by atoms with Gasteiger partial charge in [0.2, 0.25) is 0 Å². The van der Waals surface area contributed by atoms with E-state index < -0.39 is 0 Å². The molecule has 0 saturated carbocycles. The van der Waals surface area contributed by atoms with Gasteiger partial charge in [0.1, 0.15) is 13.2 Å². The Labute approximate surface area is 251 Å². The summed E-state index contributed by atoms with van der Waals surface area (Å²) in [6.07, 6.45) is 0. The van der Waals surface area contributed by atoms with Crippen LogP contribution in [0.1, 0.15) is 61.9 Å². The van der Waals surface area contributed by atoms with Crippen molar-refractivity contribution in [3.63, 3.8) is 0 Å². The van der Waals surface area contributed by atoms with Crippen molar-refractivity contribution in [2.75, 3.05) is 20.8 Å². The van der Waals surface area contributed by atoms with Crippen LogP contribution in [0.3, 0.4) is 0 Å². The van der Waals surface area contributed by atoms with Crippen molar-refractivity contribution in [1.29, 1.82) is 0 Å². The van der Waals surface area contributed by atoms with E-state index in [2.05, 4.69) is 87.6 Å². The Morgan fingerprint density at radius 2 is 1.07 bits per heavy atom. The van der Waals surface area contributed by atoms with E-state index in [0.29, 0.717) is 25.0 Å². The summed E-state index contributed by atoms with van der Waals surface area (Å²) in [7, 11) is 3.34. The van der Waals surface area contributed by atoms with Crippen LogP contribution in [0.5, 0.6) is 23.0 Å². The van der Waals surface area contributed by atoms with Crippen molar-refractivity contribution in [1.82, 2.24) is 5.32 Å². The highest BCUT2D eigenvalue weighted by Gasteiger charge is 2.23. The molecule has 5 nitrogen and oxygen atoms in total. The maximum Gasteiger partial charge on any atom is 0.161 e. The number of benzene rings is 4. The molecule has 222 valence electrons. The quantitative estimate of drug-likeness (QED) is 0.156. The van der Waals surface area contributed by atoms with Gasteiger partial charge in [-0.3, -0.25) is 0 Å². The molecule has 4 rings (SSSR count). The van der Waals surface area contributed by atoms with E-state index in [-0.39, 0.29) is 12.0 Å². The largest absolute Gasteiger partial charge is 0.493 e. The second-order valence-corrected chi connectivity index (χ2v) is 11.3. The number of rotatable bonds is 15. The molecule has 5 heteroatoms. The third-order valence-corrected chi connectivity index (χ3v) is 7.67. The lowest BCUT2D eigenvalue weighted by Gasteiger charge is -2.29. The van der Waals surface area contributed by atoms with Gasteiger partial charge in [-0.1, -0.05) is 100 Å².